The van der Waals surface area contributed by atoms with Gasteiger partial charge >= 0.3 is 0 Å². The number of pyridine rings is 1. The van der Waals surface area contributed by atoms with Crippen LogP contribution in [0.1, 0.15) is 29.8 Å². The number of aromatic nitrogens is 1. The number of aryl methyl sites for hydroxylation is 1. The monoisotopic (exact) mass is 352 g/mol. The van der Waals surface area contributed by atoms with Gasteiger partial charge in [0, 0.05) is 33.8 Å². The fourth-order valence-corrected chi connectivity index (χ4v) is 3.05. The lowest BCUT2D eigenvalue weighted by Gasteiger charge is -2.19. The van der Waals surface area contributed by atoms with Crippen LogP contribution in [0.15, 0.2) is 41.0 Å². The van der Waals surface area contributed by atoms with Crippen molar-refractivity contribution < 1.29 is 0 Å². The average Bonchev–Trinajstić information content (AvgIpc) is 2.39. The molecule has 0 aliphatic carbocycles. The van der Waals surface area contributed by atoms with Crippen LogP contribution in [0.3, 0.4) is 0 Å². The molecule has 0 radical (unpaired) electrons. The molecule has 0 saturated carbocycles. The van der Waals surface area contributed by atoms with Crippen molar-refractivity contribution in [3.8, 4) is 0 Å². The van der Waals surface area contributed by atoms with Gasteiger partial charge in [0.15, 0.2) is 0 Å². The van der Waals surface area contributed by atoms with E-state index in [2.05, 4.69) is 51.4 Å². The van der Waals surface area contributed by atoms with Crippen molar-refractivity contribution in [3.63, 3.8) is 0 Å². The second-order valence-corrected chi connectivity index (χ2v) is 6.20. The van der Waals surface area contributed by atoms with Gasteiger partial charge in [0.25, 0.3) is 0 Å². The van der Waals surface area contributed by atoms with Crippen LogP contribution in [-0.4, -0.2) is 11.5 Å². The molecule has 4 heteroatoms. The van der Waals surface area contributed by atoms with Crippen molar-refractivity contribution in [1.29, 1.82) is 0 Å². The van der Waals surface area contributed by atoms with E-state index in [9.17, 15) is 0 Å². The highest BCUT2D eigenvalue weighted by molar-refractivity contribution is 9.10. The summed E-state index contributed by atoms with van der Waals surface area (Å²) < 4.78 is 1.000. The van der Waals surface area contributed by atoms with Gasteiger partial charge in [0.1, 0.15) is 0 Å². The highest BCUT2D eigenvalue weighted by Gasteiger charge is 2.13. The number of benzene rings is 1. The molecule has 0 spiro atoms. The van der Waals surface area contributed by atoms with Gasteiger partial charge in [-0.2, -0.15) is 0 Å². The first-order valence-electron chi connectivity index (χ1n) is 6.69. The van der Waals surface area contributed by atoms with E-state index in [0.717, 1.165) is 28.2 Å². The fourth-order valence-electron chi connectivity index (χ4n) is 2.16. The summed E-state index contributed by atoms with van der Waals surface area (Å²) in [6, 6.07) is 10.4. The van der Waals surface area contributed by atoms with E-state index in [1.165, 1.54) is 11.1 Å². The van der Waals surface area contributed by atoms with Crippen LogP contribution in [0.25, 0.3) is 0 Å². The first kappa shape index (κ1) is 15.5. The van der Waals surface area contributed by atoms with Crippen molar-refractivity contribution in [2.75, 3.05) is 6.54 Å². The lowest BCUT2D eigenvalue weighted by atomic mass is 10.0. The lowest BCUT2D eigenvalue weighted by Crippen LogP contribution is -2.23. The third-order valence-corrected chi connectivity index (χ3v) is 3.80. The van der Waals surface area contributed by atoms with E-state index >= 15 is 0 Å². The van der Waals surface area contributed by atoms with Crippen molar-refractivity contribution in [3.05, 3.63) is 62.8 Å². The van der Waals surface area contributed by atoms with Gasteiger partial charge in [-0.1, -0.05) is 40.5 Å². The SMILES string of the molecule is CCNC(Cc1ccc(C)cn1)c1cc(Cl)cc(Br)c1. The molecule has 1 heterocycles. The number of likely N-dealkylation sites (N-methyl/N-ethyl adjacent to an activating group) is 1. The average molecular weight is 354 g/mol. The van der Waals surface area contributed by atoms with E-state index in [1.54, 1.807) is 0 Å². The summed E-state index contributed by atoms with van der Waals surface area (Å²) in [5.74, 6) is 0. The van der Waals surface area contributed by atoms with E-state index in [4.69, 9.17) is 11.6 Å². The highest BCUT2D eigenvalue weighted by atomic mass is 79.9. The van der Waals surface area contributed by atoms with Crippen molar-refractivity contribution in [1.82, 2.24) is 10.3 Å². The van der Waals surface area contributed by atoms with Crippen LogP contribution < -0.4 is 5.32 Å². The van der Waals surface area contributed by atoms with Crippen molar-refractivity contribution in [2.45, 2.75) is 26.3 Å². The maximum absolute atomic E-state index is 6.14. The molecule has 2 nitrogen and oxygen atoms in total. The Hall–Kier alpha value is -0.900. The summed E-state index contributed by atoms with van der Waals surface area (Å²) in [5, 5.41) is 4.24. The highest BCUT2D eigenvalue weighted by Crippen LogP contribution is 2.25. The molecular weight excluding hydrogens is 336 g/mol. The molecule has 1 aromatic heterocycles. The Morgan fingerprint density at radius 1 is 1.30 bits per heavy atom. The minimum Gasteiger partial charge on any atom is -0.310 e. The van der Waals surface area contributed by atoms with Gasteiger partial charge in [-0.25, -0.2) is 0 Å². The Morgan fingerprint density at radius 3 is 2.70 bits per heavy atom. The third-order valence-electron chi connectivity index (χ3n) is 3.12. The molecule has 0 fully saturated rings. The molecular formula is C16H18BrClN2. The van der Waals surface area contributed by atoms with Crippen LogP contribution in [0, 0.1) is 6.92 Å². The van der Waals surface area contributed by atoms with Gasteiger partial charge < -0.3 is 5.32 Å². The zero-order valence-corrected chi connectivity index (χ0v) is 14.0. The van der Waals surface area contributed by atoms with Gasteiger partial charge in [0.05, 0.1) is 0 Å². The molecule has 0 aliphatic heterocycles. The maximum Gasteiger partial charge on any atom is 0.0422 e. The molecule has 0 aliphatic rings. The van der Waals surface area contributed by atoms with Crippen LogP contribution >= 0.6 is 27.5 Å². The Morgan fingerprint density at radius 2 is 2.10 bits per heavy atom. The van der Waals surface area contributed by atoms with Crippen molar-refractivity contribution >= 4 is 27.5 Å². The predicted octanol–water partition coefficient (Wildman–Crippen LogP) is 4.70. The fraction of sp³-hybridized carbons (Fsp3) is 0.312. The van der Waals surface area contributed by atoms with Crippen molar-refractivity contribution in [2.24, 2.45) is 0 Å². The second kappa shape index (κ2) is 7.21. The lowest BCUT2D eigenvalue weighted by molar-refractivity contribution is 0.544. The number of halogens is 2. The quantitative estimate of drug-likeness (QED) is 0.843. The first-order chi connectivity index (χ1) is 9.58. The summed E-state index contributed by atoms with van der Waals surface area (Å²) in [6.45, 7) is 5.06. The smallest absolute Gasteiger partial charge is 0.0422 e. The number of nitrogens with one attached hydrogen (secondary N) is 1. The number of rotatable bonds is 5. The van der Waals surface area contributed by atoms with Gasteiger partial charge in [-0.3, -0.25) is 4.98 Å². The van der Waals surface area contributed by atoms with E-state index < -0.39 is 0 Å². The van der Waals surface area contributed by atoms with Gasteiger partial charge in [-0.05, 0) is 48.9 Å². The Kier molecular flexibility index (Phi) is 5.58. The first-order valence-corrected chi connectivity index (χ1v) is 7.86. The summed E-state index contributed by atoms with van der Waals surface area (Å²) in [4.78, 5) is 4.49. The van der Waals surface area contributed by atoms with Gasteiger partial charge in [0.2, 0.25) is 0 Å². The normalized spacial score (nSPS) is 12.4. The molecule has 1 N–H and O–H groups in total. The molecule has 0 saturated heterocycles. The van der Waals surface area contributed by atoms with E-state index in [0.29, 0.717) is 0 Å². The van der Waals surface area contributed by atoms with E-state index in [1.807, 2.05) is 25.3 Å². The molecule has 106 valence electrons. The molecule has 0 amide bonds. The van der Waals surface area contributed by atoms with Gasteiger partial charge in [-0.15, -0.1) is 0 Å². The largest absolute Gasteiger partial charge is 0.310 e. The minimum atomic E-state index is 0.213. The topological polar surface area (TPSA) is 24.9 Å². The standard InChI is InChI=1S/C16H18BrClN2/c1-3-19-16(9-15-5-4-11(2)10-20-15)12-6-13(17)8-14(18)7-12/h4-8,10,16,19H,3,9H2,1-2H3. The molecule has 2 rings (SSSR count). The maximum atomic E-state index is 6.14. The predicted molar refractivity (Wildman–Crippen MR) is 88.2 cm³/mol. The van der Waals surface area contributed by atoms with Crippen LogP contribution in [0.2, 0.25) is 5.02 Å². The Balaban J connectivity index is 2.23. The van der Waals surface area contributed by atoms with Crippen LogP contribution in [0.4, 0.5) is 0 Å². The van der Waals surface area contributed by atoms with Crippen LogP contribution in [-0.2, 0) is 6.42 Å². The molecule has 1 aromatic carbocycles. The molecule has 0 bridgehead atoms. The number of hydrogen-bond acceptors (Lipinski definition) is 2. The zero-order chi connectivity index (χ0) is 14.5. The summed E-state index contributed by atoms with van der Waals surface area (Å²) >= 11 is 9.64. The van der Waals surface area contributed by atoms with E-state index in [-0.39, 0.29) is 6.04 Å². The van der Waals surface area contributed by atoms with Crippen LogP contribution in [0.5, 0.6) is 0 Å². The second-order valence-electron chi connectivity index (χ2n) is 4.84. The summed E-state index contributed by atoms with van der Waals surface area (Å²) in [6.07, 6.45) is 2.76. The molecule has 2 aromatic rings. The Bertz CT molecular complexity index is 549. The number of hydrogen-bond donors (Lipinski definition) is 1. The molecule has 1 atom stereocenters. The number of nitrogens with zero attached hydrogens (tertiary/aromatic N) is 1. The minimum absolute atomic E-state index is 0.213. The molecule has 1 unspecified atom stereocenters. The summed E-state index contributed by atoms with van der Waals surface area (Å²) in [5.41, 5.74) is 3.44. The Labute approximate surface area is 133 Å². The summed E-state index contributed by atoms with van der Waals surface area (Å²) in [7, 11) is 0. The zero-order valence-electron chi connectivity index (χ0n) is 11.7. The molecule has 20 heavy (non-hydrogen) atoms. The third kappa shape index (κ3) is 4.30.